The standard InChI is InChI=1S/C14H18Cl2N2O2/c1-18(12-2-4-17-5-3-12)14(19)9-20-13-7-10(15)6-11(16)8-13/h6-8,12,17H,2-5,9H2,1H3. The highest BCUT2D eigenvalue weighted by Gasteiger charge is 2.22. The molecule has 110 valence electrons. The number of halogens is 2. The minimum absolute atomic E-state index is 0.00288. The Kier molecular flexibility index (Phi) is 5.52. The molecule has 0 unspecified atom stereocenters. The summed E-state index contributed by atoms with van der Waals surface area (Å²) in [6.07, 6.45) is 1.95. The summed E-state index contributed by atoms with van der Waals surface area (Å²) in [5.74, 6) is 0.475. The van der Waals surface area contributed by atoms with Gasteiger partial charge in [0.2, 0.25) is 0 Å². The van der Waals surface area contributed by atoms with Gasteiger partial charge in [-0.25, -0.2) is 0 Å². The van der Waals surface area contributed by atoms with Gasteiger partial charge in [-0.05, 0) is 44.1 Å². The fourth-order valence-corrected chi connectivity index (χ4v) is 2.76. The number of nitrogens with one attached hydrogen (secondary N) is 1. The Hall–Kier alpha value is -0.970. The van der Waals surface area contributed by atoms with E-state index in [1.165, 1.54) is 0 Å². The monoisotopic (exact) mass is 316 g/mol. The molecule has 6 heteroatoms. The van der Waals surface area contributed by atoms with Crippen molar-refractivity contribution >= 4 is 29.1 Å². The minimum Gasteiger partial charge on any atom is -0.484 e. The molecule has 2 rings (SSSR count). The molecular formula is C14H18Cl2N2O2. The zero-order chi connectivity index (χ0) is 14.5. The fraction of sp³-hybridized carbons (Fsp3) is 0.500. The maximum absolute atomic E-state index is 12.1. The molecular weight excluding hydrogens is 299 g/mol. The maximum atomic E-state index is 12.1. The van der Waals surface area contributed by atoms with Crippen molar-refractivity contribution in [3.8, 4) is 5.75 Å². The number of benzene rings is 1. The zero-order valence-corrected chi connectivity index (χ0v) is 12.9. The lowest BCUT2D eigenvalue weighted by atomic mass is 10.1. The van der Waals surface area contributed by atoms with Crippen molar-refractivity contribution in [2.75, 3.05) is 26.7 Å². The van der Waals surface area contributed by atoms with Gasteiger partial charge < -0.3 is 15.0 Å². The summed E-state index contributed by atoms with van der Waals surface area (Å²) in [4.78, 5) is 13.9. The van der Waals surface area contributed by atoms with Crippen LogP contribution >= 0.6 is 23.2 Å². The van der Waals surface area contributed by atoms with Crippen molar-refractivity contribution in [1.82, 2.24) is 10.2 Å². The maximum Gasteiger partial charge on any atom is 0.260 e. The third kappa shape index (κ3) is 4.27. The van der Waals surface area contributed by atoms with Crippen molar-refractivity contribution in [2.24, 2.45) is 0 Å². The second-order valence-corrected chi connectivity index (χ2v) is 5.75. The number of hydrogen-bond acceptors (Lipinski definition) is 3. The minimum atomic E-state index is -0.0343. The van der Waals surface area contributed by atoms with Gasteiger partial charge in [-0.2, -0.15) is 0 Å². The first kappa shape index (κ1) is 15.4. The van der Waals surface area contributed by atoms with Crippen LogP contribution in [0.2, 0.25) is 10.0 Å². The van der Waals surface area contributed by atoms with E-state index in [-0.39, 0.29) is 18.6 Å². The van der Waals surface area contributed by atoms with Gasteiger partial charge in [0.1, 0.15) is 5.75 Å². The number of likely N-dealkylation sites (N-methyl/N-ethyl adjacent to an activating group) is 1. The number of ether oxygens (including phenoxy) is 1. The number of hydrogen-bond donors (Lipinski definition) is 1. The zero-order valence-electron chi connectivity index (χ0n) is 11.4. The second kappa shape index (κ2) is 7.16. The summed E-state index contributed by atoms with van der Waals surface area (Å²) >= 11 is 11.8. The van der Waals surface area contributed by atoms with Gasteiger partial charge in [-0.1, -0.05) is 23.2 Å². The molecule has 1 aromatic rings. The fourth-order valence-electron chi connectivity index (χ4n) is 2.26. The SMILES string of the molecule is CN(C(=O)COc1cc(Cl)cc(Cl)c1)C1CCNCC1. The van der Waals surface area contributed by atoms with Crippen LogP contribution in [0.4, 0.5) is 0 Å². The average molecular weight is 317 g/mol. The quantitative estimate of drug-likeness (QED) is 0.928. The highest BCUT2D eigenvalue weighted by Crippen LogP contribution is 2.24. The van der Waals surface area contributed by atoms with Crippen LogP contribution in [-0.4, -0.2) is 43.6 Å². The number of rotatable bonds is 4. The summed E-state index contributed by atoms with van der Waals surface area (Å²) in [5, 5.41) is 4.26. The molecule has 1 N–H and O–H groups in total. The highest BCUT2D eigenvalue weighted by atomic mass is 35.5. The number of nitrogens with zero attached hydrogens (tertiary/aromatic N) is 1. The lowest BCUT2D eigenvalue weighted by Gasteiger charge is -2.31. The predicted octanol–water partition coefficient (Wildman–Crippen LogP) is 2.58. The van der Waals surface area contributed by atoms with Crippen molar-refractivity contribution in [1.29, 1.82) is 0 Å². The summed E-state index contributed by atoms with van der Waals surface area (Å²) in [6, 6.07) is 5.20. The van der Waals surface area contributed by atoms with E-state index in [9.17, 15) is 4.79 Å². The highest BCUT2D eigenvalue weighted by molar-refractivity contribution is 6.34. The van der Waals surface area contributed by atoms with Crippen LogP contribution in [0.5, 0.6) is 5.75 Å². The van der Waals surface area contributed by atoms with E-state index in [4.69, 9.17) is 27.9 Å². The Morgan fingerprint density at radius 1 is 1.30 bits per heavy atom. The van der Waals surface area contributed by atoms with Gasteiger partial charge in [-0.3, -0.25) is 4.79 Å². The molecule has 0 spiro atoms. The lowest BCUT2D eigenvalue weighted by Crippen LogP contribution is -2.45. The number of carbonyl (C=O) groups is 1. The number of carbonyl (C=O) groups excluding carboxylic acids is 1. The molecule has 1 saturated heterocycles. The lowest BCUT2D eigenvalue weighted by molar-refractivity contribution is -0.134. The molecule has 1 aliphatic rings. The van der Waals surface area contributed by atoms with Crippen LogP contribution in [-0.2, 0) is 4.79 Å². The summed E-state index contributed by atoms with van der Waals surface area (Å²) in [5.41, 5.74) is 0. The Morgan fingerprint density at radius 2 is 1.90 bits per heavy atom. The molecule has 0 aliphatic carbocycles. The Balaban J connectivity index is 1.87. The predicted molar refractivity (Wildman–Crippen MR) is 80.6 cm³/mol. The van der Waals surface area contributed by atoms with Crippen LogP contribution in [0.15, 0.2) is 18.2 Å². The molecule has 0 saturated carbocycles. The van der Waals surface area contributed by atoms with E-state index in [1.807, 2.05) is 7.05 Å². The largest absolute Gasteiger partial charge is 0.484 e. The van der Waals surface area contributed by atoms with Gasteiger partial charge >= 0.3 is 0 Å². The molecule has 0 radical (unpaired) electrons. The normalized spacial score (nSPS) is 15.9. The van der Waals surface area contributed by atoms with E-state index in [2.05, 4.69) is 5.32 Å². The third-order valence-corrected chi connectivity index (χ3v) is 3.88. The molecule has 1 fully saturated rings. The van der Waals surface area contributed by atoms with Crippen LogP contribution in [0, 0.1) is 0 Å². The first-order chi connectivity index (χ1) is 9.56. The van der Waals surface area contributed by atoms with Crippen molar-refractivity contribution in [3.05, 3.63) is 28.2 Å². The molecule has 0 aromatic heterocycles. The first-order valence-corrected chi connectivity index (χ1v) is 7.37. The van der Waals surface area contributed by atoms with Crippen LogP contribution in [0.1, 0.15) is 12.8 Å². The van der Waals surface area contributed by atoms with E-state index in [0.29, 0.717) is 15.8 Å². The van der Waals surface area contributed by atoms with Gasteiger partial charge in [0.25, 0.3) is 5.91 Å². The molecule has 1 aromatic carbocycles. The molecule has 1 aliphatic heterocycles. The Labute approximate surface area is 129 Å². The van der Waals surface area contributed by atoms with Crippen LogP contribution in [0.3, 0.4) is 0 Å². The first-order valence-electron chi connectivity index (χ1n) is 6.61. The van der Waals surface area contributed by atoms with E-state index in [1.54, 1.807) is 23.1 Å². The van der Waals surface area contributed by atoms with Gasteiger partial charge in [0, 0.05) is 23.1 Å². The van der Waals surface area contributed by atoms with Gasteiger partial charge in [-0.15, -0.1) is 0 Å². The number of amides is 1. The summed E-state index contributed by atoms with van der Waals surface area (Å²) in [6.45, 7) is 1.90. The average Bonchev–Trinajstić information content (AvgIpc) is 2.44. The topological polar surface area (TPSA) is 41.6 Å². The smallest absolute Gasteiger partial charge is 0.260 e. The Morgan fingerprint density at radius 3 is 2.50 bits per heavy atom. The summed E-state index contributed by atoms with van der Waals surface area (Å²) < 4.78 is 5.47. The van der Waals surface area contributed by atoms with Crippen LogP contribution in [0.25, 0.3) is 0 Å². The van der Waals surface area contributed by atoms with E-state index >= 15 is 0 Å². The molecule has 4 nitrogen and oxygen atoms in total. The molecule has 1 amide bonds. The van der Waals surface area contributed by atoms with Crippen molar-refractivity contribution < 1.29 is 9.53 Å². The van der Waals surface area contributed by atoms with Crippen molar-refractivity contribution in [2.45, 2.75) is 18.9 Å². The molecule has 20 heavy (non-hydrogen) atoms. The van der Waals surface area contributed by atoms with Crippen molar-refractivity contribution in [3.63, 3.8) is 0 Å². The van der Waals surface area contributed by atoms with E-state index < -0.39 is 0 Å². The van der Waals surface area contributed by atoms with E-state index in [0.717, 1.165) is 25.9 Å². The molecule has 0 bridgehead atoms. The van der Waals surface area contributed by atoms with Crippen LogP contribution < -0.4 is 10.1 Å². The Bertz CT molecular complexity index is 456. The second-order valence-electron chi connectivity index (χ2n) is 4.88. The number of piperidine rings is 1. The molecule has 0 atom stereocenters. The molecule has 1 heterocycles. The summed E-state index contributed by atoms with van der Waals surface area (Å²) in [7, 11) is 1.83. The van der Waals surface area contributed by atoms with Gasteiger partial charge in [0.05, 0.1) is 0 Å². The third-order valence-electron chi connectivity index (χ3n) is 3.45. The van der Waals surface area contributed by atoms with Gasteiger partial charge in [0.15, 0.2) is 6.61 Å².